The lowest BCUT2D eigenvalue weighted by Crippen LogP contribution is -2.62. The molecule has 35 heavy (non-hydrogen) atoms. The van der Waals surface area contributed by atoms with Crippen LogP contribution in [0.3, 0.4) is 0 Å². The van der Waals surface area contributed by atoms with Gasteiger partial charge in [0, 0.05) is 35.6 Å². The summed E-state index contributed by atoms with van der Waals surface area (Å²) in [6.07, 6.45) is 0.354. The first-order valence-electron chi connectivity index (χ1n) is 11.5. The quantitative estimate of drug-likeness (QED) is 0.363. The summed E-state index contributed by atoms with van der Waals surface area (Å²) in [4.78, 5) is 45.4. The molecule has 2 aliphatic rings. The van der Waals surface area contributed by atoms with Crippen molar-refractivity contribution in [3.05, 3.63) is 111 Å². The summed E-state index contributed by atoms with van der Waals surface area (Å²) in [7, 11) is 0. The molecule has 1 saturated heterocycles. The van der Waals surface area contributed by atoms with Gasteiger partial charge in [0.15, 0.2) is 0 Å². The maximum Gasteiger partial charge on any atom is 0.275 e. The molecule has 0 bridgehead atoms. The van der Waals surface area contributed by atoms with Gasteiger partial charge >= 0.3 is 0 Å². The van der Waals surface area contributed by atoms with Crippen LogP contribution in [0, 0.1) is 10.1 Å². The highest BCUT2D eigenvalue weighted by molar-refractivity contribution is 5.97. The second-order valence-corrected chi connectivity index (χ2v) is 8.98. The number of piperazine rings is 1. The molecule has 2 amide bonds. The highest BCUT2D eigenvalue weighted by Crippen LogP contribution is 2.44. The largest absolute Gasteiger partial charge is 0.356 e. The van der Waals surface area contributed by atoms with E-state index in [1.165, 1.54) is 6.07 Å². The first-order chi connectivity index (χ1) is 17.0. The lowest BCUT2D eigenvalue weighted by molar-refractivity contribution is -0.385. The van der Waals surface area contributed by atoms with Gasteiger partial charge in [-0.15, -0.1) is 0 Å². The predicted octanol–water partition coefficient (Wildman–Crippen LogP) is 3.96. The molecule has 6 rings (SSSR count). The van der Waals surface area contributed by atoms with Crippen molar-refractivity contribution in [2.24, 2.45) is 0 Å². The van der Waals surface area contributed by atoms with Gasteiger partial charge in [0.2, 0.25) is 11.8 Å². The topological polar surface area (TPSA) is 99.5 Å². The third kappa shape index (κ3) is 3.37. The van der Waals surface area contributed by atoms with Gasteiger partial charge in [-0.1, -0.05) is 60.7 Å². The molecule has 1 aromatic heterocycles. The van der Waals surface area contributed by atoms with Gasteiger partial charge in [-0.2, -0.15) is 0 Å². The molecule has 8 nitrogen and oxygen atoms in total. The fourth-order valence-electron chi connectivity index (χ4n) is 5.47. The van der Waals surface area contributed by atoms with Crippen LogP contribution in [-0.2, 0) is 22.6 Å². The number of carbonyl (C=O) groups is 2. The van der Waals surface area contributed by atoms with Gasteiger partial charge in [0.1, 0.15) is 18.6 Å². The average Bonchev–Trinajstić information content (AvgIpc) is 3.25. The van der Waals surface area contributed by atoms with Crippen molar-refractivity contribution in [3.63, 3.8) is 0 Å². The zero-order chi connectivity index (χ0) is 24.1. The molecule has 2 atom stereocenters. The summed E-state index contributed by atoms with van der Waals surface area (Å²) in [5.74, 6) is -0.369. The molecule has 1 fully saturated rings. The standard InChI is InChI=1S/C27H22N4O4/c32-24-16-29(15-17-8-2-1-3-9-17)27(33)23-14-20-18-10-4-6-12-21(18)28-25(20)26(30(23)24)19-11-5-7-13-22(19)31(34)35/h1-13,23,26,28H,14-16H2/t23?,26-/m1/s1. The van der Waals surface area contributed by atoms with Crippen LogP contribution in [0.2, 0.25) is 0 Å². The molecule has 4 aromatic rings. The van der Waals surface area contributed by atoms with Crippen LogP contribution in [0.1, 0.15) is 28.4 Å². The number of H-pyrrole nitrogens is 1. The molecule has 2 aliphatic heterocycles. The number of hydrogen-bond donors (Lipinski definition) is 1. The number of nitro benzene ring substituents is 1. The highest BCUT2D eigenvalue weighted by atomic mass is 16.6. The van der Waals surface area contributed by atoms with Crippen LogP contribution in [0.5, 0.6) is 0 Å². The molecule has 0 radical (unpaired) electrons. The Hall–Kier alpha value is -4.46. The Bertz CT molecular complexity index is 1480. The zero-order valence-corrected chi connectivity index (χ0v) is 18.8. The molecule has 8 heteroatoms. The monoisotopic (exact) mass is 466 g/mol. The van der Waals surface area contributed by atoms with Gasteiger partial charge in [-0.25, -0.2) is 0 Å². The number of carbonyl (C=O) groups excluding carboxylic acids is 2. The molecular formula is C27H22N4O4. The number of amides is 2. The number of benzene rings is 3. The van der Waals surface area contributed by atoms with Crippen molar-refractivity contribution in [2.45, 2.75) is 25.0 Å². The number of nitrogens with zero attached hydrogens (tertiary/aromatic N) is 3. The van der Waals surface area contributed by atoms with Gasteiger partial charge in [0.05, 0.1) is 10.5 Å². The minimum Gasteiger partial charge on any atom is -0.356 e. The zero-order valence-electron chi connectivity index (χ0n) is 18.8. The summed E-state index contributed by atoms with van der Waals surface area (Å²) in [6, 6.07) is 22.3. The van der Waals surface area contributed by atoms with E-state index in [1.54, 1.807) is 28.0 Å². The second-order valence-electron chi connectivity index (χ2n) is 8.98. The first-order valence-corrected chi connectivity index (χ1v) is 11.5. The number of para-hydroxylation sites is 2. The molecule has 0 saturated carbocycles. The maximum atomic E-state index is 13.8. The smallest absolute Gasteiger partial charge is 0.275 e. The number of aromatic amines is 1. The van der Waals surface area contributed by atoms with Crippen LogP contribution in [0.4, 0.5) is 5.69 Å². The van der Waals surface area contributed by atoms with Crippen molar-refractivity contribution < 1.29 is 14.5 Å². The van der Waals surface area contributed by atoms with E-state index in [4.69, 9.17) is 0 Å². The Morgan fingerprint density at radius 1 is 0.943 bits per heavy atom. The van der Waals surface area contributed by atoms with Crippen molar-refractivity contribution in [1.82, 2.24) is 14.8 Å². The Balaban J connectivity index is 1.50. The Morgan fingerprint density at radius 3 is 2.46 bits per heavy atom. The van der Waals surface area contributed by atoms with Crippen molar-refractivity contribution >= 4 is 28.4 Å². The fourth-order valence-corrected chi connectivity index (χ4v) is 5.47. The molecule has 1 N–H and O–H groups in total. The number of aromatic nitrogens is 1. The van der Waals surface area contributed by atoms with Gasteiger partial charge in [-0.05, 0) is 23.3 Å². The summed E-state index contributed by atoms with van der Waals surface area (Å²) in [6.45, 7) is 0.267. The van der Waals surface area contributed by atoms with Gasteiger partial charge in [-0.3, -0.25) is 19.7 Å². The summed E-state index contributed by atoms with van der Waals surface area (Å²) in [5.41, 5.74) is 3.80. The molecule has 0 aliphatic carbocycles. The predicted molar refractivity (Wildman–Crippen MR) is 129 cm³/mol. The number of rotatable bonds is 4. The first kappa shape index (κ1) is 21.1. The number of hydrogen-bond acceptors (Lipinski definition) is 4. The minimum absolute atomic E-state index is 0.0725. The van der Waals surface area contributed by atoms with Gasteiger partial charge in [0.25, 0.3) is 5.69 Å². The minimum atomic E-state index is -0.756. The summed E-state index contributed by atoms with van der Waals surface area (Å²) >= 11 is 0. The van der Waals surface area contributed by atoms with E-state index in [0.717, 1.165) is 27.7 Å². The highest BCUT2D eigenvalue weighted by Gasteiger charge is 2.49. The molecule has 0 spiro atoms. The lowest BCUT2D eigenvalue weighted by atomic mass is 9.85. The van der Waals surface area contributed by atoms with Crippen LogP contribution in [0.25, 0.3) is 10.9 Å². The number of nitrogens with one attached hydrogen (secondary N) is 1. The van der Waals surface area contributed by atoms with Gasteiger partial charge < -0.3 is 14.8 Å². The molecule has 3 aromatic carbocycles. The second kappa shape index (κ2) is 8.09. The summed E-state index contributed by atoms with van der Waals surface area (Å²) < 4.78 is 0. The third-order valence-corrected chi connectivity index (χ3v) is 6.99. The van der Waals surface area contributed by atoms with Crippen molar-refractivity contribution in [3.8, 4) is 0 Å². The van der Waals surface area contributed by atoms with Crippen LogP contribution in [-0.4, -0.2) is 44.1 Å². The Kier molecular flexibility index (Phi) is 4.88. The van der Waals surface area contributed by atoms with E-state index in [0.29, 0.717) is 18.5 Å². The Labute approximate surface area is 200 Å². The molecule has 174 valence electrons. The fraction of sp³-hybridized carbons (Fsp3) is 0.185. The number of fused-ring (bicyclic) bond motifs is 4. The summed E-state index contributed by atoms with van der Waals surface area (Å²) in [5, 5.41) is 12.9. The average molecular weight is 466 g/mol. The molecule has 3 heterocycles. The normalized spacial score (nSPS) is 19.5. The van der Waals surface area contributed by atoms with E-state index in [2.05, 4.69) is 4.98 Å². The molecular weight excluding hydrogens is 444 g/mol. The van der Waals surface area contributed by atoms with Crippen molar-refractivity contribution in [1.29, 1.82) is 0 Å². The van der Waals surface area contributed by atoms with Crippen LogP contribution in [0.15, 0.2) is 78.9 Å². The SMILES string of the molecule is O=C1C2Cc3c([nH]c4ccccc34)[C@@H](c3ccccc3[N+](=O)[O-])N2C(=O)CN1Cc1ccccc1. The number of nitro groups is 1. The van der Waals surface area contributed by atoms with E-state index in [9.17, 15) is 19.7 Å². The molecule has 1 unspecified atom stereocenters. The Morgan fingerprint density at radius 2 is 1.66 bits per heavy atom. The van der Waals surface area contributed by atoms with Crippen molar-refractivity contribution in [2.75, 3.05) is 6.54 Å². The van der Waals surface area contributed by atoms with E-state index < -0.39 is 17.0 Å². The third-order valence-electron chi connectivity index (χ3n) is 6.99. The van der Waals surface area contributed by atoms with Crippen LogP contribution < -0.4 is 0 Å². The maximum absolute atomic E-state index is 13.8. The van der Waals surface area contributed by atoms with E-state index in [-0.39, 0.29) is 24.0 Å². The van der Waals surface area contributed by atoms with E-state index in [1.807, 2.05) is 54.6 Å². The lowest BCUT2D eigenvalue weighted by Gasteiger charge is -2.46. The van der Waals surface area contributed by atoms with E-state index >= 15 is 0 Å². The van der Waals surface area contributed by atoms with Crippen LogP contribution >= 0.6 is 0 Å².